The van der Waals surface area contributed by atoms with Crippen molar-refractivity contribution >= 4 is 33.9 Å². The van der Waals surface area contributed by atoms with Crippen LogP contribution in [0.1, 0.15) is 5.56 Å². The average molecular weight is 369 g/mol. The number of halogens is 1. The van der Waals surface area contributed by atoms with Gasteiger partial charge in [-0.25, -0.2) is 9.97 Å². The van der Waals surface area contributed by atoms with Gasteiger partial charge in [-0.05, 0) is 36.8 Å². The Morgan fingerprint density at radius 2 is 1.92 bits per heavy atom. The van der Waals surface area contributed by atoms with Gasteiger partial charge in [-0.15, -0.1) is 11.3 Å². The van der Waals surface area contributed by atoms with Crippen LogP contribution in [0.2, 0.25) is 5.02 Å². The van der Waals surface area contributed by atoms with Crippen LogP contribution in [0.25, 0.3) is 22.7 Å². The van der Waals surface area contributed by atoms with Crippen LogP contribution in [0, 0.1) is 6.92 Å². The van der Waals surface area contributed by atoms with Crippen molar-refractivity contribution in [3.63, 3.8) is 0 Å². The molecule has 4 aromatic rings. The van der Waals surface area contributed by atoms with Crippen molar-refractivity contribution in [3.05, 3.63) is 64.6 Å². The van der Waals surface area contributed by atoms with Crippen molar-refractivity contribution in [1.29, 1.82) is 0 Å². The van der Waals surface area contributed by atoms with Crippen molar-refractivity contribution in [1.82, 2.24) is 15.1 Å². The maximum absolute atomic E-state index is 5.91. The van der Waals surface area contributed by atoms with E-state index < -0.39 is 0 Å². The van der Waals surface area contributed by atoms with Gasteiger partial charge in [0.05, 0.1) is 0 Å². The van der Waals surface area contributed by atoms with E-state index in [2.05, 4.69) is 20.4 Å². The maximum Gasteiger partial charge on any atom is 0.188 e. The first-order chi connectivity index (χ1) is 12.2. The Balaban J connectivity index is 1.55. The second-order valence-corrected chi connectivity index (χ2v) is 6.76. The molecule has 124 valence electrons. The zero-order valence-electron chi connectivity index (χ0n) is 13.2. The third kappa shape index (κ3) is 3.55. The van der Waals surface area contributed by atoms with Gasteiger partial charge in [-0.3, -0.25) is 0 Å². The molecule has 1 aromatic carbocycles. The third-order valence-electron chi connectivity index (χ3n) is 3.56. The number of thiazole rings is 1. The van der Waals surface area contributed by atoms with Crippen LogP contribution in [0.5, 0.6) is 0 Å². The molecule has 0 spiro atoms. The van der Waals surface area contributed by atoms with E-state index in [9.17, 15) is 0 Å². The second-order valence-electron chi connectivity index (χ2n) is 5.46. The van der Waals surface area contributed by atoms with E-state index in [0.717, 1.165) is 33.5 Å². The van der Waals surface area contributed by atoms with Gasteiger partial charge in [0.25, 0.3) is 0 Å². The van der Waals surface area contributed by atoms with Crippen LogP contribution in [-0.2, 0) is 0 Å². The summed E-state index contributed by atoms with van der Waals surface area (Å²) >= 11 is 7.40. The lowest BCUT2D eigenvalue weighted by atomic mass is 10.1. The van der Waals surface area contributed by atoms with E-state index >= 15 is 0 Å². The zero-order chi connectivity index (χ0) is 17.2. The minimum absolute atomic E-state index is 0.617. The highest BCUT2D eigenvalue weighted by Crippen LogP contribution is 2.30. The molecule has 0 saturated carbocycles. The fourth-order valence-electron chi connectivity index (χ4n) is 2.31. The molecule has 25 heavy (non-hydrogen) atoms. The molecule has 3 aromatic heterocycles. The first kappa shape index (κ1) is 15.8. The predicted octanol–water partition coefficient (Wildman–Crippen LogP) is 5.57. The highest BCUT2D eigenvalue weighted by molar-refractivity contribution is 7.14. The van der Waals surface area contributed by atoms with E-state index in [0.29, 0.717) is 10.8 Å². The third-order valence-corrected chi connectivity index (χ3v) is 4.57. The van der Waals surface area contributed by atoms with Crippen molar-refractivity contribution in [2.24, 2.45) is 0 Å². The number of aryl methyl sites for hydroxylation is 1. The van der Waals surface area contributed by atoms with Gasteiger partial charge in [0, 0.05) is 28.2 Å². The van der Waals surface area contributed by atoms with Gasteiger partial charge in [-0.1, -0.05) is 28.9 Å². The van der Waals surface area contributed by atoms with E-state index in [1.807, 2.05) is 54.8 Å². The van der Waals surface area contributed by atoms with Crippen molar-refractivity contribution in [2.45, 2.75) is 6.92 Å². The highest BCUT2D eigenvalue weighted by atomic mass is 35.5. The summed E-state index contributed by atoms with van der Waals surface area (Å²) in [5, 5.41) is 10.7. The molecule has 0 amide bonds. The number of hydrogen-bond acceptors (Lipinski definition) is 6. The van der Waals surface area contributed by atoms with Crippen molar-refractivity contribution in [3.8, 4) is 22.7 Å². The molecule has 5 nitrogen and oxygen atoms in total. The number of benzene rings is 1. The molecule has 0 atom stereocenters. The normalized spacial score (nSPS) is 10.8. The van der Waals surface area contributed by atoms with Crippen LogP contribution in [0.4, 0.5) is 10.9 Å². The number of hydrogen-bond donors (Lipinski definition) is 1. The van der Waals surface area contributed by atoms with Gasteiger partial charge in [0.2, 0.25) is 0 Å². The summed E-state index contributed by atoms with van der Waals surface area (Å²) in [6.07, 6.45) is 1.76. The predicted molar refractivity (Wildman–Crippen MR) is 100 cm³/mol. The Bertz CT molecular complexity index is 1010. The number of pyridine rings is 1. The first-order valence-corrected chi connectivity index (χ1v) is 8.81. The topological polar surface area (TPSA) is 63.8 Å². The lowest BCUT2D eigenvalue weighted by molar-refractivity contribution is 0.434. The molecule has 0 saturated heterocycles. The number of aromatic nitrogens is 3. The number of anilines is 2. The molecule has 4 rings (SSSR count). The van der Waals surface area contributed by atoms with Crippen LogP contribution in [0.15, 0.2) is 58.6 Å². The molecule has 3 heterocycles. The minimum atomic E-state index is 0.617. The largest absolute Gasteiger partial charge is 0.354 e. The van der Waals surface area contributed by atoms with Crippen LogP contribution < -0.4 is 5.32 Å². The SMILES string of the molecule is Cc1ccnc(Nc2nc(-c3cc(-c4ccc(Cl)cc4)no3)cs2)c1. The van der Waals surface area contributed by atoms with Gasteiger partial charge in [-0.2, -0.15) is 0 Å². The van der Waals surface area contributed by atoms with E-state index in [1.54, 1.807) is 6.20 Å². The monoisotopic (exact) mass is 368 g/mol. The standard InChI is InChI=1S/C18H13ClN4OS/c1-11-6-7-20-17(8-11)22-18-21-15(10-25-18)16-9-14(23-24-16)12-2-4-13(19)5-3-12/h2-10H,1H3,(H,20,21,22). The number of nitrogens with one attached hydrogen (secondary N) is 1. The summed E-state index contributed by atoms with van der Waals surface area (Å²) < 4.78 is 5.44. The fraction of sp³-hybridized carbons (Fsp3) is 0.0556. The lowest BCUT2D eigenvalue weighted by Gasteiger charge is -2.01. The number of rotatable bonds is 4. The summed E-state index contributed by atoms with van der Waals surface area (Å²) in [5.74, 6) is 1.38. The Morgan fingerprint density at radius 1 is 1.08 bits per heavy atom. The van der Waals surface area contributed by atoms with Crippen LogP contribution >= 0.6 is 22.9 Å². The van der Waals surface area contributed by atoms with Crippen molar-refractivity contribution < 1.29 is 4.52 Å². The molecule has 0 aliphatic carbocycles. The van der Waals surface area contributed by atoms with Gasteiger partial charge in [0.1, 0.15) is 17.2 Å². The molecular weight excluding hydrogens is 356 g/mol. The van der Waals surface area contributed by atoms with Gasteiger partial charge in [0.15, 0.2) is 10.9 Å². The summed E-state index contributed by atoms with van der Waals surface area (Å²) in [5.41, 5.74) is 3.55. The summed E-state index contributed by atoms with van der Waals surface area (Å²) in [6, 6.07) is 13.2. The fourth-order valence-corrected chi connectivity index (χ4v) is 3.14. The number of nitrogens with zero attached hydrogens (tertiary/aromatic N) is 3. The summed E-state index contributed by atoms with van der Waals surface area (Å²) in [6.45, 7) is 2.02. The Labute approximate surface area is 153 Å². The molecule has 0 bridgehead atoms. The lowest BCUT2D eigenvalue weighted by Crippen LogP contribution is -1.92. The van der Waals surface area contributed by atoms with Gasteiger partial charge >= 0.3 is 0 Å². The van der Waals surface area contributed by atoms with E-state index in [4.69, 9.17) is 16.1 Å². The highest BCUT2D eigenvalue weighted by Gasteiger charge is 2.12. The van der Waals surface area contributed by atoms with E-state index in [1.165, 1.54) is 11.3 Å². The summed E-state index contributed by atoms with van der Waals surface area (Å²) in [4.78, 5) is 8.82. The molecule has 7 heteroatoms. The quantitative estimate of drug-likeness (QED) is 0.510. The minimum Gasteiger partial charge on any atom is -0.354 e. The van der Waals surface area contributed by atoms with Crippen LogP contribution in [-0.4, -0.2) is 15.1 Å². The Kier molecular flexibility index (Phi) is 4.21. The average Bonchev–Trinajstić information content (AvgIpc) is 3.25. The molecule has 0 fully saturated rings. The Morgan fingerprint density at radius 3 is 2.72 bits per heavy atom. The molecule has 0 aliphatic heterocycles. The zero-order valence-corrected chi connectivity index (χ0v) is 14.8. The Hall–Kier alpha value is -2.70. The second kappa shape index (κ2) is 6.66. The molecule has 0 radical (unpaired) electrons. The maximum atomic E-state index is 5.91. The molecule has 0 aliphatic rings. The van der Waals surface area contributed by atoms with E-state index in [-0.39, 0.29) is 0 Å². The first-order valence-electron chi connectivity index (χ1n) is 7.55. The summed E-state index contributed by atoms with van der Waals surface area (Å²) in [7, 11) is 0. The molecular formula is C18H13ClN4OS. The van der Waals surface area contributed by atoms with Gasteiger partial charge < -0.3 is 9.84 Å². The van der Waals surface area contributed by atoms with Crippen LogP contribution in [0.3, 0.4) is 0 Å². The molecule has 1 N–H and O–H groups in total. The molecule has 0 unspecified atom stereocenters. The van der Waals surface area contributed by atoms with Crippen molar-refractivity contribution in [2.75, 3.05) is 5.32 Å². The smallest absolute Gasteiger partial charge is 0.188 e.